The van der Waals surface area contributed by atoms with Crippen LogP contribution in [0.5, 0.6) is 17.2 Å². The minimum absolute atomic E-state index is 0.0733. The smallest absolute Gasteiger partial charge is 0.255 e. The summed E-state index contributed by atoms with van der Waals surface area (Å²) in [7, 11) is 3.04. The second-order valence-electron chi connectivity index (χ2n) is 4.31. The summed E-state index contributed by atoms with van der Waals surface area (Å²) in [6.07, 6.45) is 0. The van der Waals surface area contributed by atoms with Crippen LogP contribution in [0.25, 0.3) is 0 Å². The Labute approximate surface area is 144 Å². The molecule has 0 heterocycles. The van der Waals surface area contributed by atoms with Crippen molar-refractivity contribution in [1.29, 1.82) is 0 Å². The fourth-order valence-electron chi connectivity index (χ4n) is 1.82. The molecule has 116 valence electrons. The first kappa shape index (κ1) is 16.6. The summed E-state index contributed by atoms with van der Waals surface area (Å²) >= 11 is 6.43. The number of carbonyl (C=O) groups is 1. The number of halogens is 2. The van der Waals surface area contributed by atoms with E-state index in [1.165, 1.54) is 14.2 Å². The lowest BCUT2D eigenvalue weighted by Gasteiger charge is -2.11. The Kier molecular flexibility index (Phi) is 5.31. The van der Waals surface area contributed by atoms with Gasteiger partial charge in [-0.1, -0.05) is 0 Å². The number of benzene rings is 2. The van der Waals surface area contributed by atoms with Gasteiger partial charge in [0.1, 0.15) is 5.75 Å². The summed E-state index contributed by atoms with van der Waals surface area (Å²) in [4.78, 5) is 12.3. The van der Waals surface area contributed by atoms with Crippen LogP contribution in [0.2, 0.25) is 0 Å². The van der Waals surface area contributed by atoms with Crippen molar-refractivity contribution in [3.8, 4) is 17.2 Å². The number of phenols is 1. The molecule has 2 N–H and O–H groups in total. The van der Waals surface area contributed by atoms with Crippen molar-refractivity contribution in [2.75, 3.05) is 19.5 Å². The number of hydrogen-bond acceptors (Lipinski definition) is 4. The largest absolute Gasteiger partial charge is 0.506 e. The molecule has 1 amide bonds. The first-order valence-electron chi connectivity index (χ1n) is 6.17. The molecule has 2 aromatic carbocycles. The summed E-state index contributed by atoms with van der Waals surface area (Å²) in [5.74, 6) is 0.798. The maximum Gasteiger partial charge on any atom is 0.255 e. The van der Waals surface area contributed by atoms with Crippen molar-refractivity contribution in [3.63, 3.8) is 0 Å². The van der Waals surface area contributed by atoms with Gasteiger partial charge < -0.3 is 19.9 Å². The maximum atomic E-state index is 12.3. The lowest BCUT2D eigenvalue weighted by atomic mass is 10.2. The topological polar surface area (TPSA) is 67.8 Å². The van der Waals surface area contributed by atoms with Crippen LogP contribution >= 0.6 is 31.9 Å². The molecule has 0 radical (unpaired) electrons. The van der Waals surface area contributed by atoms with Gasteiger partial charge in [-0.2, -0.15) is 0 Å². The third-order valence-corrected chi connectivity index (χ3v) is 4.13. The normalized spacial score (nSPS) is 10.2. The molecule has 0 saturated carbocycles. The summed E-state index contributed by atoms with van der Waals surface area (Å²) in [6.45, 7) is 0. The summed E-state index contributed by atoms with van der Waals surface area (Å²) in [5, 5.41) is 12.4. The van der Waals surface area contributed by atoms with Crippen molar-refractivity contribution in [2.24, 2.45) is 0 Å². The van der Waals surface area contributed by atoms with Gasteiger partial charge in [-0.05, 0) is 62.2 Å². The third kappa shape index (κ3) is 3.53. The van der Waals surface area contributed by atoms with Crippen molar-refractivity contribution >= 4 is 43.5 Å². The molecule has 0 aliphatic heterocycles. The summed E-state index contributed by atoms with van der Waals surface area (Å²) in [6, 6.07) is 8.12. The van der Waals surface area contributed by atoms with E-state index in [1.54, 1.807) is 30.3 Å². The van der Waals surface area contributed by atoms with Gasteiger partial charge in [-0.3, -0.25) is 4.79 Å². The van der Waals surface area contributed by atoms with Gasteiger partial charge in [-0.15, -0.1) is 0 Å². The molecule has 0 spiro atoms. The zero-order valence-electron chi connectivity index (χ0n) is 11.8. The standard InChI is InChI=1S/C15H13Br2NO4/c1-21-12-4-3-8(5-13(12)22-2)15(20)18-9-6-10(16)14(19)11(17)7-9/h3-7,19H,1-2H3,(H,18,20). The summed E-state index contributed by atoms with van der Waals surface area (Å²) in [5.41, 5.74) is 0.967. The SMILES string of the molecule is COc1ccc(C(=O)Nc2cc(Br)c(O)c(Br)c2)cc1OC. The highest BCUT2D eigenvalue weighted by Crippen LogP contribution is 2.35. The Morgan fingerprint density at radius 2 is 1.64 bits per heavy atom. The van der Waals surface area contributed by atoms with E-state index in [-0.39, 0.29) is 11.7 Å². The fourth-order valence-corrected chi connectivity index (χ4v) is 3.00. The van der Waals surface area contributed by atoms with E-state index in [1.807, 2.05) is 0 Å². The quantitative estimate of drug-likeness (QED) is 0.713. The Bertz CT molecular complexity index is 696. The highest BCUT2D eigenvalue weighted by atomic mass is 79.9. The third-order valence-electron chi connectivity index (χ3n) is 2.92. The Morgan fingerprint density at radius 3 is 2.18 bits per heavy atom. The summed E-state index contributed by atoms with van der Waals surface area (Å²) < 4.78 is 11.3. The molecule has 2 rings (SSSR count). The Balaban J connectivity index is 2.26. The number of anilines is 1. The van der Waals surface area contributed by atoms with Gasteiger partial charge in [0.2, 0.25) is 0 Å². The van der Waals surface area contributed by atoms with Crippen LogP contribution < -0.4 is 14.8 Å². The molecule has 7 heteroatoms. The predicted octanol–water partition coefficient (Wildman–Crippen LogP) is 4.19. The number of rotatable bonds is 4. The van der Waals surface area contributed by atoms with Gasteiger partial charge in [0, 0.05) is 11.3 Å². The molecule has 0 atom stereocenters. The minimum Gasteiger partial charge on any atom is -0.506 e. The first-order chi connectivity index (χ1) is 10.5. The molecular weight excluding hydrogens is 418 g/mol. The highest BCUT2D eigenvalue weighted by molar-refractivity contribution is 9.11. The maximum absolute atomic E-state index is 12.3. The average molecular weight is 431 g/mol. The van der Waals surface area contributed by atoms with Crippen LogP contribution in [0.15, 0.2) is 39.3 Å². The second-order valence-corrected chi connectivity index (χ2v) is 6.02. The van der Waals surface area contributed by atoms with Crippen LogP contribution in [0.1, 0.15) is 10.4 Å². The van der Waals surface area contributed by atoms with Gasteiger partial charge in [0.25, 0.3) is 5.91 Å². The van der Waals surface area contributed by atoms with Crippen LogP contribution in [-0.4, -0.2) is 25.2 Å². The molecule has 5 nitrogen and oxygen atoms in total. The Hall–Kier alpha value is -1.73. The molecule has 0 aliphatic carbocycles. The predicted molar refractivity (Wildman–Crippen MR) is 91.0 cm³/mol. The monoisotopic (exact) mass is 429 g/mol. The number of methoxy groups -OCH3 is 2. The number of nitrogens with one attached hydrogen (secondary N) is 1. The van der Waals surface area contributed by atoms with E-state index >= 15 is 0 Å². The average Bonchev–Trinajstić information content (AvgIpc) is 2.51. The van der Waals surface area contributed by atoms with E-state index in [0.717, 1.165) is 0 Å². The van der Waals surface area contributed by atoms with E-state index in [4.69, 9.17) is 9.47 Å². The molecule has 0 aromatic heterocycles. The molecule has 0 bridgehead atoms. The molecule has 22 heavy (non-hydrogen) atoms. The molecule has 2 aromatic rings. The van der Waals surface area contributed by atoms with Crippen molar-refractivity contribution in [1.82, 2.24) is 0 Å². The lowest BCUT2D eigenvalue weighted by molar-refractivity contribution is 0.102. The lowest BCUT2D eigenvalue weighted by Crippen LogP contribution is -2.12. The number of aromatic hydroxyl groups is 1. The van der Waals surface area contributed by atoms with Gasteiger partial charge in [-0.25, -0.2) is 0 Å². The van der Waals surface area contributed by atoms with Crippen LogP contribution in [0, 0.1) is 0 Å². The van der Waals surface area contributed by atoms with Gasteiger partial charge >= 0.3 is 0 Å². The van der Waals surface area contributed by atoms with Gasteiger partial charge in [0.15, 0.2) is 11.5 Å². The number of carbonyl (C=O) groups excluding carboxylic acids is 1. The second kappa shape index (κ2) is 7.02. The van der Waals surface area contributed by atoms with Crippen molar-refractivity contribution in [3.05, 3.63) is 44.8 Å². The number of amides is 1. The van der Waals surface area contributed by atoms with Crippen molar-refractivity contribution in [2.45, 2.75) is 0 Å². The van der Waals surface area contributed by atoms with Crippen LogP contribution in [0.3, 0.4) is 0 Å². The molecule has 0 aliphatic rings. The highest BCUT2D eigenvalue weighted by Gasteiger charge is 2.13. The minimum atomic E-state index is -0.301. The van der Waals surface area contributed by atoms with Gasteiger partial charge in [0.05, 0.1) is 23.2 Å². The van der Waals surface area contributed by atoms with Crippen LogP contribution in [0.4, 0.5) is 5.69 Å². The van der Waals surface area contributed by atoms with E-state index in [0.29, 0.717) is 31.7 Å². The zero-order chi connectivity index (χ0) is 16.3. The fraction of sp³-hybridized carbons (Fsp3) is 0.133. The van der Waals surface area contributed by atoms with Crippen LogP contribution in [-0.2, 0) is 0 Å². The zero-order valence-corrected chi connectivity index (χ0v) is 15.0. The number of hydrogen-bond donors (Lipinski definition) is 2. The van der Waals surface area contributed by atoms with E-state index < -0.39 is 0 Å². The first-order valence-corrected chi connectivity index (χ1v) is 7.76. The van der Waals surface area contributed by atoms with E-state index in [9.17, 15) is 9.90 Å². The molecular formula is C15H13Br2NO4. The molecule has 0 saturated heterocycles. The van der Waals surface area contributed by atoms with Crippen molar-refractivity contribution < 1.29 is 19.4 Å². The van der Waals surface area contributed by atoms with E-state index in [2.05, 4.69) is 37.2 Å². The molecule has 0 fully saturated rings. The number of ether oxygens (including phenoxy) is 2. The molecule has 0 unspecified atom stereocenters. The Morgan fingerprint density at radius 1 is 1.05 bits per heavy atom. The number of phenolic OH excluding ortho intramolecular Hbond substituents is 1.